The summed E-state index contributed by atoms with van der Waals surface area (Å²) in [7, 11) is 0. The SMILES string of the molecule is CC(C)C(C)(O)COc1ccc(Cl)cc1[C@@H](C)N. The average molecular weight is 272 g/mol. The van der Waals surface area contributed by atoms with E-state index in [0.29, 0.717) is 10.8 Å². The molecule has 0 heterocycles. The molecule has 0 saturated heterocycles. The summed E-state index contributed by atoms with van der Waals surface area (Å²) < 4.78 is 5.69. The Bertz CT molecular complexity index is 403. The van der Waals surface area contributed by atoms with Crippen molar-refractivity contribution in [3.63, 3.8) is 0 Å². The molecule has 4 heteroatoms. The maximum atomic E-state index is 10.2. The molecule has 0 bridgehead atoms. The Morgan fingerprint density at radius 1 is 1.39 bits per heavy atom. The van der Waals surface area contributed by atoms with Gasteiger partial charge in [-0.05, 0) is 38.0 Å². The molecule has 0 spiro atoms. The van der Waals surface area contributed by atoms with Crippen LogP contribution in [0.3, 0.4) is 0 Å². The minimum atomic E-state index is -0.866. The van der Waals surface area contributed by atoms with Gasteiger partial charge in [0, 0.05) is 16.6 Å². The van der Waals surface area contributed by atoms with E-state index in [2.05, 4.69) is 0 Å². The van der Waals surface area contributed by atoms with Gasteiger partial charge in [-0.2, -0.15) is 0 Å². The van der Waals surface area contributed by atoms with E-state index in [9.17, 15) is 5.11 Å². The van der Waals surface area contributed by atoms with Crippen LogP contribution in [0.1, 0.15) is 39.3 Å². The van der Waals surface area contributed by atoms with Crippen molar-refractivity contribution in [2.45, 2.75) is 39.3 Å². The molecule has 18 heavy (non-hydrogen) atoms. The van der Waals surface area contributed by atoms with Gasteiger partial charge in [-0.15, -0.1) is 0 Å². The maximum absolute atomic E-state index is 10.2. The van der Waals surface area contributed by atoms with Crippen molar-refractivity contribution >= 4 is 11.6 Å². The molecule has 0 aromatic heterocycles. The molecular weight excluding hydrogens is 250 g/mol. The second kappa shape index (κ2) is 5.91. The van der Waals surface area contributed by atoms with E-state index in [1.165, 1.54) is 0 Å². The van der Waals surface area contributed by atoms with Crippen molar-refractivity contribution in [1.82, 2.24) is 0 Å². The standard InChI is InChI=1S/C14H22ClNO2/c1-9(2)14(4,17)8-18-13-6-5-11(15)7-12(13)10(3)16/h5-7,9-10,17H,8,16H2,1-4H3/t10-,14?/m1/s1. The highest BCUT2D eigenvalue weighted by Gasteiger charge is 2.26. The Labute approximate surface area is 114 Å². The maximum Gasteiger partial charge on any atom is 0.124 e. The zero-order chi connectivity index (χ0) is 13.9. The molecule has 0 radical (unpaired) electrons. The molecule has 2 atom stereocenters. The van der Waals surface area contributed by atoms with Crippen LogP contribution < -0.4 is 10.5 Å². The monoisotopic (exact) mass is 271 g/mol. The van der Waals surface area contributed by atoms with Gasteiger partial charge < -0.3 is 15.6 Å². The fourth-order valence-corrected chi connectivity index (χ4v) is 1.58. The summed E-state index contributed by atoms with van der Waals surface area (Å²) >= 11 is 5.94. The van der Waals surface area contributed by atoms with Crippen molar-refractivity contribution in [1.29, 1.82) is 0 Å². The van der Waals surface area contributed by atoms with Crippen LogP contribution in [-0.2, 0) is 0 Å². The molecule has 3 nitrogen and oxygen atoms in total. The van der Waals surface area contributed by atoms with Gasteiger partial charge in [0.2, 0.25) is 0 Å². The Hall–Kier alpha value is -0.770. The lowest BCUT2D eigenvalue weighted by Gasteiger charge is -2.28. The number of benzene rings is 1. The Kier molecular flexibility index (Phi) is 5.02. The summed E-state index contributed by atoms with van der Waals surface area (Å²) in [5, 5.41) is 10.8. The normalized spacial score (nSPS) is 16.4. The molecule has 0 saturated carbocycles. The molecule has 1 unspecified atom stereocenters. The number of aliphatic hydroxyl groups is 1. The first-order valence-corrected chi connectivity index (χ1v) is 6.52. The fraction of sp³-hybridized carbons (Fsp3) is 0.571. The molecular formula is C14H22ClNO2. The highest BCUT2D eigenvalue weighted by atomic mass is 35.5. The van der Waals surface area contributed by atoms with Gasteiger partial charge in [-0.1, -0.05) is 25.4 Å². The van der Waals surface area contributed by atoms with Gasteiger partial charge in [-0.25, -0.2) is 0 Å². The first-order valence-electron chi connectivity index (χ1n) is 6.14. The lowest BCUT2D eigenvalue weighted by atomic mass is 9.94. The number of halogens is 1. The molecule has 1 rings (SSSR count). The minimum absolute atomic E-state index is 0.114. The fourth-order valence-electron chi connectivity index (χ4n) is 1.40. The Morgan fingerprint density at radius 3 is 2.50 bits per heavy atom. The molecule has 102 valence electrons. The van der Waals surface area contributed by atoms with Crippen LogP contribution in [0.15, 0.2) is 18.2 Å². The molecule has 0 aliphatic heterocycles. The van der Waals surface area contributed by atoms with Crippen molar-refractivity contribution in [3.8, 4) is 5.75 Å². The molecule has 0 amide bonds. The van der Waals surface area contributed by atoms with Crippen LogP contribution in [0.5, 0.6) is 5.75 Å². The zero-order valence-electron chi connectivity index (χ0n) is 11.4. The zero-order valence-corrected chi connectivity index (χ0v) is 12.2. The third-order valence-corrected chi connectivity index (χ3v) is 3.46. The summed E-state index contributed by atoms with van der Waals surface area (Å²) in [6, 6.07) is 5.18. The van der Waals surface area contributed by atoms with Crippen LogP contribution in [-0.4, -0.2) is 17.3 Å². The quantitative estimate of drug-likeness (QED) is 0.865. The van der Waals surface area contributed by atoms with Crippen LogP contribution in [0.25, 0.3) is 0 Å². The van der Waals surface area contributed by atoms with Crippen molar-refractivity contribution in [3.05, 3.63) is 28.8 Å². The van der Waals surface area contributed by atoms with Gasteiger partial charge in [0.05, 0.1) is 5.60 Å². The van der Waals surface area contributed by atoms with E-state index in [1.807, 2.05) is 20.8 Å². The van der Waals surface area contributed by atoms with E-state index in [0.717, 1.165) is 5.56 Å². The van der Waals surface area contributed by atoms with Crippen molar-refractivity contribution in [2.24, 2.45) is 11.7 Å². The van der Waals surface area contributed by atoms with Crippen LogP contribution in [0.4, 0.5) is 0 Å². The van der Waals surface area contributed by atoms with Gasteiger partial charge in [-0.3, -0.25) is 0 Å². The highest BCUT2D eigenvalue weighted by Crippen LogP contribution is 2.28. The van der Waals surface area contributed by atoms with Crippen molar-refractivity contribution in [2.75, 3.05) is 6.61 Å². The van der Waals surface area contributed by atoms with Crippen LogP contribution in [0, 0.1) is 5.92 Å². The lowest BCUT2D eigenvalue weighted by Crippen LogP contribution is -2.38. The highest BCUT2D eigenvalue weighted by molar-refractivity contribution is 6.30. The predicted molar refractivity (Wildman–Crippen MR) is 75.0 cm³/mol. The molecule has 1 aromatic carbocycles. The van der Waals surface area contributed by atoms with E-state index >= 15 is 0 Å². The largest absolute Gasteiger partial charge is 0.490 e. The summed E-state index contributed by atoms with van der Waals surface area (Å²) in [6.07, 6.45) is 0. The summed E-state index contributed by atoms with van der Waals surface area (Å²) in [5.74, 6) is 0.791. The molecule has 0 aliphatic carbocycles. The molecule has 0 aliphatic rings. The first kappa shape index (κ1) is 15.3. The third-order valence-electron chi connectivity index (χ3n) is 3.23. The smallest absolute Gasteiger partial charge is 0.124 e. The van der Waals surface area contributed by atoms with E-state index in [1.54, 1.807) is 25.1 Å². The number of rotatable bonds is 5. The van der Waals surface area contributed by atoms with E-state index in [4.69, 9.17) is 22.1 Å². The average Bonchev–Trinajstić information content (AvgIpc) is 2.27. The number of hydrogen-bond acceptors (Lipinski definition) is 3. The Balaban J connectivity index is 2.85. The van der Waals surface area contributed by atoms with Crippen LogP contribution >= 0.6 is 11.6 Å². The lowest BCUT2D eigenvalue weighted by molar-refractivity contribution is -0.0269. The number of nitrogens with two attached hydrogens (primary N) is 1. The van der Waals surface area contributed by atoms with Gasteiger partial charge in [0.25, 0.3) is 0 Å². The molecule has 1 aromatic rings. The van der Waals surface area contributed by atoms with Crippen LogP contribution in [0.2, 0.25) is 5.02 Å². The number of hydrogen-bond donors (Lipinski definition) is 2. The minimum Gasteiger partial charge on any atom is -0.490 e. The number of ether oxygens (including phenoxy) is 1. The van der Waals surface area contributed by atoms with E-state index < -0.39 is 5.60 Å². The van der Waals surface area contributed by atoms with Gasteiger partial charge >= 0.3 is 0 Å². The molecule has 0 fully saturated rings. The second-order valence-electron chi connectivity index (χ2n) is 5.27. The Morgan fingerprint density at radius 2 is 2.00 bits per heavy atom. The second-order valence-corrected chi connectivity index (χ2v) is 5.71. The topological polar surface area (TPSA) is 55.5 Å². The van der Waals surface area contributed by atoms with Crippen molar-refractivity contribution < 1.29 is 9.84 Å². The van der Waals surface area contributed by atoms with E-state index in [-0.39, 0.29) is 18.6 Å². The van der Waals surface area contributed by atoms with Gasteiger partial charge in [0.1, 0.15) is 12.4 Å². The predicted octanol–water partition coefficient (Wildman–Crippen LogP) is 3.15. The van der Waals surface area contributed by atoms with Gasteiger partial charge in [0.15, 0.2) is 0 Å². The summed E-state index contributed by atoms with van der Waals surface area (Å²) in [5.41, 5.74) is 5.86. The third kappa shape index (κ3) is 3.87. The first-order chi connectivity index (χ1) is 8.24. The summed E-state index contributed by atoms with van der Waals surface area (Å²) in [4.78, 5) is 0. The summed E-state index contributed by atoms with van der Waals surface area (Å²) in [6.45, 7) is 7.78. The molecule has 3 N–H and O–H groups in total.